The largest absolute Gasteiger partial charge is 0.351 e. The Morgan fingerprint density at radius 3 is 2.40 bits per heavy atom. The quantitative estimate of drug-likeness (QED) is 0.703. The van der Waals surface area contributed by atoms with Gasteiger partial charge in [-0.1, -0.05) is 18.2 Å². The van der Waals surface area contributed by atoms with Gasteiger partial charge in [0.1, 0.15) is 5.82 Å². The number of hydrogen-bond donors (Lipinski definition) is 1. The molecule has 3 rings (SSSR count). The van der Waals surface area contributed by atoms with E-state index in [1.807, 2.05) is 0 Å². The van der Waals surface area contributed by atoms with Gasteiger partial charge in [-0.3, -0.25) is 4.79 Å². The Kier molecular flexibility index (Phi) is 2.82. The standard InChI is InChI=1S/C15H8F3NO/c16-11-5-2-4-9(13(11)18)14-10(7-20)8-3-1-6-12(17)15(8)19-14/h1-7,19H. The number of aromatic nitrogens is 1. The van der Waals surface area contributed by atoms with Crippen LogP contribution < -0.4 is 0 Å². The molecule has 1 heterocycles. The van der Waals surface area contributed by atoms with Crippen molar-refractivity contribution in [3.63, 3.8) is 0 Å². The fourth-order valence-electron chi connectivity index (χ4n) is 2.23. The molecule has 0 aliphatic heterocycles. The molecule has 0 radical (unpaired) electrons. The van der Waals surface area contributed by atoms with Gasteiger partial charge in [-0.25, -0.2) is 13.2 Å². The van der Waals surface area contributed by atoms with E-state index in [0.29, 0.717) is 11.7 Å². The Morgan fingerprint density at radius 1 is 0.950 bits per heavy atom. The summed E-state index contributed by atoms with van der Waals surface area (Å²) in [7, 11) is 0. The van der Waals surface area contributed by atoms with E-state index >= 15 is 0 Å². The predicted molar refractivity (Wildman–Crippen MR) is 69.0 cm³/mol. The van der Waals surface area contributed by atoms with Gasteiger partial charge < -0.3 is 4.98 Å². The van der Waals surface area contributed by atoms with Crippen LogP contribution in [-0.2, 0) is 0 Å². The number of nitrogens with one attached hydrogen (secondary N) is 1. The summed E-state index contributed by atoms with van der Waals surface area (Å²) in [6.45, 7) is 0. The Balaban J connectivity index is 2.39. The van der Waals surface area contributed by atoms with E-state index in [2.05, 4.69) is 4.98 Å². The van der Waals surface area contributed by atoms with Crippen molar-refractivity contribution >= 4 is 17.2 Å². The van der Waals surface area contributed by atoms with E-state index in [-0.39, 0.29) is 22.3 Å². The van der Waals surface area contributed by atoms with Crippen LogP contribution in [0.4, 0.5) is 13.2 Å². The van der Waals surface area contributed by atoms with E-state index < -0.39 is 17.5 Å². The van der Waals surface area contributed by atoms with Crippen molar-refractivity contribution in [1.29, 1.82) is 0 Å². The Morgan fingerprint density at radius 2 is 1.65 bits per heavy atom. The summed E-state index contributed by atoms with van der Waals surface area (Å²) in [6, 6.07) is 7.84. The van der Waals surface area contributed by atoms with Crippen molar-refractivity contribution in [2.75, 3.05) is 0 Å². The lowest BCUT2D eigenvalue weighted by Gasteiger charge is -2.02. The zero-order valence-corrected chi connectivity index (χ0v) is 10.1. The monoisotopic (exact) mass is 275 g/mol. The maximum Gasteiger partial charge on any atom is 0.168 e. The average molecular weight is 275 g/mol. The number of carbonyl (C=O) groups is 1. The molecular weight excluding hydrogens is 267 g/mol. The van der Waals surface area contributed by atoms with Gasteiger partial charge in [0.25, 0.3) is 0 Å². The number of hydrogen-bond acceptors (Lipinski definition) is 1. The first-order valence-corrected chi connectivity index (χ1v) is 5.83. The molecule has 100 valence electrons. The van der Waals surface area contributed by atoms with Crippen molar-refractivity contribution in [3.05, 3.63) is 59.4 Å². The van der Waals surface area contributed by atoms with Crippen LogP contribution in [0.25, 0.3) is 22.2 Å². The highest BCUT2D eigenvalue weighted by atomic mass is 19.2. The van der Waals surface area contributed by atoms with Crippen molar-refractivity contribution in [2.45, 2.75) is 0 Å². The van der Waals surface area contributed by atoms with Crippen molar-refractivity contribution in [2.24, 2.45) is 0 Å². The molecule has 2 nitrogen and oxygen atoms in total. The minimum absolute atomic E-state index is 0.0668. The summed E-state index contributed by atoms with van der Waals surface area (Å²) in [4.78, 5) is 13.9. The normalized spacial score (nSPS) is 10.9. The molecule has 1 N–H and O–H groups in total. The highest BCUT2D eigenvalue weighted by Gasteiger charge is 2.18. The van der Waals surface area contributed by atoms with E-state index in [1.54, 1.807) is 6.07 Å². The molecule has 0 bridgehead atoms. The summed E-state index contributed by atoms with van der Waals surface area (Å²) in [6.07, 6.45) is 0.498. The smallest absolute Gasteiger partial charge is 0.168 e. The second-order valence-electron chi connectivity index (χ2n) is 4.30. The molecule has 0 fully saturated rings. The molecule has 0 saturated carbocycles. The molecule has 0 saturated heterocycles. The third kappa shape index (κ3) is 1.71. The molecular formula is C15H8F3NO. The highest BCUT2D eigenvalue weighted by Crippen LogP contribution is 2.32. The molecule has 0 amide bonds. The number of benzene rings is 2. The van der Waals surface area contributed by atoms with Crippen LogP contribution in [0.1, 0.15) is 10.4 Å². The minimum Gasteiger partial charge on any atom is -0.351 e. The highest BCUT2D eigenvalue weighted by molar-refractivity contribution is 6.04. The fraction of sp³-hybridized carbons (Fsp3) is 0. The second-order valence-corrected chi connectivity index (χ2v) is 4.30. The molecule has 0 aliphatic rings. The van der Waals surface area contributed by atoms with Gasteiger partial charge >= 0.3 is 0 Å². The van der Waals surface area contributed by atoms with Gasteiger partial charge in [-0.15, -0.1) is 0 Å². The lowest BCUT2D eigenvalue weighted by atomic mass is 10.1. The first kappa shape index (κ1) is 12.5. The molecule has 5 heteroatoms. The van der Waals surface area contributed by atoms with E-state index in [1.165, 1.54) is 24.3 Å². The second kappa shape index (κ2) is 4.52. The number of para-hydroxylation sites is 1. The summed E-state index contributed by atoms with van der Waals surface area (Å²) >= 11 is 0. The average Bonchev–Trinajstić information content (AvgIpc) is 2.81. The Hall–Kier alpha value is -2.56. The zero-order valence-electron chi connectivity index (χ0n) is 10.1. The number of rotatable bonds is 2. The zero-order chi connectivity index (χ0) is 14.3. The van der Waals surface area contributed by atoms with Crippen LogP contribution in [0, 0.1) is 17.5 Å². The summed E-state index contributed by atoms with van der Waals surface area (Å²) in [5.41, 5.74) is 0.150. The first-order chi connectivity index (χ1) is 9.63. The minimum atomic E-state index is -1.08. The van der Waals surface area contributed by atoms with Crippen LogP contribution in [0.2, 0.25) is 0 Å². The van der Waals surface area contributed by atoms with Gasteiger partial charge in [-0.05, 0) is 18.2 Å². The number of halogens is 3. The van der Waals surface area contributed by atoms with Crippen LogP contribution in [-0.4, -0.2) is 11.3 Å². The molecule has 0 atom stereocenters. The number of aldehydes is 1. The van der Waals surface area contributed by atoms with Crippen LogP contribution in [0.3, 0.4) is 0 Å². The number of fused-ring (bicyclic) bond motifs is 1. The molecule has 2 aromatic carbocycles. The summed E-state index contributed by atoms with van der Waals surface area (Å²) < 4.78 is 40.8. The van der Waals surface area contributed by atoms with Crippen molar-refractivity contribution in [3.8, 4) is 11.3 Å². The van der Waals surface area contributed by atoms with Gasteiger partial charge in [0, 0.05) is 16.5 Å². The third-order valence-corrected chi connectivity index (χ3v) is 3.16. The number of aromatic amines is 1. The van der Waals surface area contributed by atoms with Gasteiger partial charge in [0.2, 0.25) is 0 Å². The Labute approximate surface area is 111 Å². The van der Waals surface area contributed by atoms with E-state index in [9.17, 15) is 18.0 Å². The predicted octanol–water partition coefficient (Wildman–Crippen LogP) is 4.06. The van der Waals surface area contributed by atoms with Crippen LogP contribution in [0.5, 0.6) is 0 Å². The Bertz CT molecular complexity index is 823. The van der Waals surface area contributed by atoms with E-state index in [4.69, 9.17) is 0 Å². The maximum atomic E-state index is 13.8. The molecule has 3 aromatic rings. The number of carbonyl (C=O) groups excluding carboxylic acids is 1. The fourth-order valence-corrected chi connectivity index (χ4v) is 2.23. The molecule has 1 aromatic heterocycles. The van der Waals surface area contributed by atoms with E-state index in [0.717, 1.165) is 6.07 Å². The van der Waals surface area contributed by atoms with Gasteiger partial charge in [-0.2, -0.15) is 0 Å². The summed E-state index contributed by atoms with van der Waals surface area (Å²) in [5.74, 6) is -2.67. The van der Waals surface area contributed by atoms with Gasteiger partial charge in [0.05, 0.1) is 11.2 Å². The lowest BCUT2D eigenvalue weighted by Crippen LogP contribution is -1.92. The molecule has 20 heavy (non-hydrogen) atoms. The van der Waals surface area contributed by atoms with Crippen LogP contribution >= 0.6 is 0 Å². The molecule has 0 aliphatic carbocycles. The summed E-state index contributed by atoms with van der Waals surface area (Å²) in [5, 5.41) is 0.332. The molecule has 0 unspecified atom stereocenters. The van der Waals surface area contributed by atoms with Crippen molar-refractivity contribution < 1.29 is 18.0 Å². The third-order valence-electron chi connectivity index (χ3n) is 3.16. The van der Waals surface area contributed by atoms with Crippen molar-refractivity contribution in [1.82, 2.24) is 4.98 Å². The lowest BCUT2D eigenvalue weighted by molar-refractivity contribution is 0.112. The number of H-pyrrole nitrogens is 1. The topological polar surface area (TPSA) is 32.9 Å². The first-order valence-electron chi connectivity index (χ1n) is 5.83. The SMILES string of the molecule is O=Cc1c(-c2cccc(F)c2F)[nH]c2c(F)cccc12. The maximum absolute atomic E-state index is 13.8. The van der Waals surface area contributed by atoms with Crippen LogP contribution in [0.15, 0.2) is 36.4 Å². The van der Waals surface area contributed by atoms with Gasteiger partial charge in [0.15, 0.2) is 17.9 Å². The molecule has 0 spiro atoms.